The fourth-order valence-electron chi connectivity index (χ4n) is 1.60. The summed E-state index contributed by atoms with van der Waals surface area (Å²) in [5, 5.41) is 15.1. The van der Waals surface area contributed by atoms with Crippen LogP contribution in [0.5, 0.6) is 5.75 Å². The van der Waals surface area contributed by atoms with Gasteiger partial charge in [0.05, 0.1) is 5.56 Å². The minimum absolute atomic E-state index is 0.0466. The van der Waals surface area contributed by atoms with Crippen LogP contribution in [0.15, 0.2) is 18.2 Å². The van der Waals surface area contributed by atoms with Crippen molar-refractivity contribution in [1.29, 1.82) is 0 Å². The molecule has 1 aliphatic carbocycles. The number of hydrogen-bond acceptors (Lipinski definition) is 3. The molecule has 0 atom stereocenters. The van der Waals surface area contributed by atoms with E-state index in [4.69, 9.17) is 0 Å². The van der Waals surface area contributed by atoms with Crippen LogP contribution in [-0.4, -0.2) is 29.5 Å². The summed E-state index contributed by atoms with van der Waals surface area (Å²) in [6.07, 6.45) is 2.36. The Morgan fingerprint density at radius 3 is 2.79 bits per heavy atom. The van der Waals surface area contributed by atoms with Gasteiger partial charge in [0, 0.05) is 22.6 Å². The molecule has 3 N–H and O–H groups in total. The maximum Gasteiger partial charge on any atom is 0.255 e. The highest BCUT2D eigenvalue weighted by atomic mass is 127. The molecule has 1 aromatic carbocycles. The number of nitrogens with one attached hydrogen (secondary N) is 2. The molecular weight excluding hydrogens is 359 g/mol. The van der Waals surface area contributed by atoms with Crippen LogP contribution in [0.2, 0.25) is 0 Å². The number of hydrogen-bond donors (Lipinski definition) is 3. The topological polar surface area (TPSA) is 78.4 Å². The lowest BCUT2D eigenvalue weighted by atomic mass is 10.2. The van der Waals surface area contributed by atoms with E-state index in [0.717, 1.165) is 16.4 Å². The second kappa shape index (κ2) is 6.23. The Hall–Kier alpha value is -1.31. The van der Waals surface area contributed by atoms with Crippen molar-refractivity contribution in [2.45, 2.75) is 25.3 Å². The molecule has 0 aliphatic heterocycles. The van der Waals surface area contributed by atoms with Gasteiger partial charge in [0.25, 0.3) is 5.91 Å². The molecule has 1 saturated carbocycles. The molecule has 2 rings (SSSR count). The van der Waals surface area contributed by atoms with Gasteiger partial charge in [0.15, 0.2) is 0 Å². The molecule has 0 saturated heterocycles. The molecule has 2 amide bonds. The predicted molar refractivity (Wildman–Crippen MR) is 78.9 cm³/mol. The molecule has 1 aromatic rings. The first-order chi connectivity index (χ1) is 9.06. The van der Waals surface area contributed by atoms with Crippen molar-refractivity contribution >= 4 is 34.4 Å². The van der Waals surface area contributed by atoms with Gasteiger partial charge < -0.3 is 15.7 Å². The molecular formula is C13H15IN2O3. The van der Waals surface area contributed by atoms with Crippen LogP contribution < -0.4 is 10.6 Å². The van der Waals surface area contributed by atoms with Gasteiger partial charge in [-0.25, -0.2) is 0 Å². The number of rotatable bonds is 5. The number of benzene rings is 1. The molecule has 19 heavy (non-hydrogen) atoms. The third-order valence-electron chi connectivity index (χ3n) is 2.78. The van der Waals surface area contributed by atoms with Crippen molar-refractivity contribution in [3.05, 3.63) is 27.3 Å². The molecule has 0 heterocycles. The number of phenolic OH excluding ortho intramolecular Hbond substituents is 1. The van der Waals surface area contributed by atoms with Crippen molar-refractivity contribution in [3.63, 3.8) is 0 Å². The standard InChI is InChI=1S/C13H15IN2O3/c14-8-1-4-11(17)10(7-8)13(19)15-6-5-12(18)16-9-2-3-9/h1,4,7,9,17H,2-3,5-6H2,(H,15,19)(H,16,18). The molecule has 6 heteroatoms. The summed E-state index contributed by atoms with van der Waals surface area (Å²) >= 11 is 2.07. The average Bonchev–Trinajstić information content (AvgIpc) is 3.16. The number of aromatic hydroxyl groups is 1. The Balaban J connectivity index is 1.80. The van der Waals surface area contributed by atoms with Gasteiger partial charge in [-0.3, -0.25) is 9.59 Å². The Bertz CT molecular complexity index is 501. The third-order valence-corrected chi connectivity index (χ3v) is 3.45. The van der Waals surface area contributed by atoms with Crippen LogP contribution in [0.25, 0.3) is 0 Å². The fourth-order valence-corrected chi connectivity index (χ4v) is 2.09. The molecule has 0 unspecified atom stereocenters. The Morgan fingerprint density at radius 1 is 1.37 bits per heavy atom. The summed E-state index contributed by atoms with van der Waals surface area (Å²) < 4.78 is 0.868. The second-order valence-electron chi connectivity index (χ2n) is 4.51. The van der Waals surface area contributed by atoms with Crippen molar-refractivity contribution in [3.8, 4) is 5.75 Å². The van der Waals surface area contributed by atoms with E-state index in [-0.39, 0.29) is 36.1 Å². The Morgan fingerprint density at radius 2 is 2.11 bits per heavy atom. The summed E-state index contributed by atoms with van der Waals surface area (Å²) in [6.45, 7) is 0.266. The summed E-state index contributed by atoms with van der Waals surface area (Å²) in [5.74, 6) is -0.467. The van der Waals surface area contributed by atoms with E-state index in [1.807, 2.05) is 0 Å². The van der Waals surface area contributed by atoms with Crippen LogP contribution in [0.3, 0.4) is 0 Å². The Kier molecular flexibility index (Phi) is 4.62. The summed E-state index contributed by atoms with van der Waals surface area (Å²) in [4.78, 5) is 23.2. The van der Waals surface area contributed by atoms with Crippen LogP contribution in [0, 0.1) is 3.57 Å². The SMILES string of the molecule is O=C(CCNC(=O)c1cc(I)ccc1O)NC1CC1. The van der Waals surface area contributed by atoms with Crippen LogP contribution >= 0.6 is 22.6 Å². The van der Waals surface area contributed by atoms with Crippen LogP contribution in [0.1, 0.15) is 29.6 Å². The van der Waals surface area contributed by atoms with Gasteiger partial charge in [0.2, 0.25) is 5.91 Å². The molecule has 1 fully saturated rings. The fraction of sp³-hybridized carbons (Fsp3) is 0.385. The second-order valence-corrected chi connectivity index (χ2v) is 5.75. The Labute approximate surface area is 124 Å². The van der Waals surface area contributed by atoms with Gasteiger partial charge in [-0.2, -0.15) is 0 Å². The molecule has 0 aromatic heterocycles. The van der Waals surface area contributed by atoms with Gasteiger partial charge in [-0.05, 0) is 53.6 Å². The normalized spacial score (nSPS) is 13.9. The van der Waals surface area contributed by atoms with Crippen LogP contribution in [0.4, 0.5) is 0 Å². The number of carbonyl (C=O) groups is 2. The van der Waals surface area contributed by atoms with E-state index in [9.17, 15) is 14.7 Å². The van der Waals surface area contributed by atoms with E-state index < -0.39 is 0 Å². The average molecular weight is 374 g/mol. The zero-order valence-corrected chi connectivity index (χ0v) is 12.4. The molecule has 0 bridgehead atoms. The van der Waals surface area contributed by atoms with Crippen molar-refractivity contribution in [1.82, 2.24) is 10.6 Å². The highest BCUT2D eigenvalue weighted by Gasteiger charge is 2.22. The first-order valence-electron chi connectivity index (χ1n) is 6.12. The zero-order valence-electron chi connectivity index (χ0n) is 10.3. The van der Waals surface area contributed by atoms with E-state index in [1.54, 1.807) is 12.1 Å². The molecule has 0 spiro atoms. The lowest BCUT2D eigenvalue weighted by Crippen LogP contribution is -2.31. The lowest BCUT2D eigenvalue weighted by Gasteiger charge is -2.07. The third kappa shape index (κ3) is 4.38. The lowest BCUT2D eigenvalue weighted by molar-refractivity contribution is -0.121. The van der Waals surface area contributed by atoms with Crippen molar-refractivity contribution in [2.75, 3.05) is 6.54 Å². The van der Waals surface area contributed by atoms with Gasteiger partial charge in [0.1, 0.15) is 5.75 Å². The summed E-state index contributed by atoms with van der Waals surface area (Å²) in [7, 11) is 0. The van der Waals surface area contributed by atoms with E-state index in [0.29, 0.717) is 6.04 Å². The van der Waals surface area contributed by atoms with Crippen molar-refractivity contribution < 1.29 is 14.7 Å². The first kappa shape index (κ1) is 14.1. The monoisotopic (exact) mass is 374 g/mol. The smallest absolute Gasteiger partial charge is 0.255 e. The number of carbonyl (C=O) groups excluding carboxylic acids is 2. The predicted octanol–water partition coefficient (Wildman–Crippen LogP) is 1.40. The highest BCUT2D eigenvalue weighted by Crippen LogP contribution is 2.19. The quantitative estimate of drug-likeness (QED) is 0.682. The summed E-state index contributed by atoms with van der Waals surface area (Å²) in [5.41, 5.74) is 0.231. The maximum atomic E-state index is 11.8. The first-order valence-corrected chi connectivity index (χ1v) is 7.20. The minimum Gasteiger partial charge on any atom is -0.507 e. The van der Waals surface area contributed by atoms with Gasteiger partial charge in [-0.15, -0.1) is 0 Å². The molecule has 0 radical (unpaired) electrons. The number of halogens is 1. The van der Waals surface area contributed by atoms with E-state index >= 15 is 0 Å². The highest BCUT2D eigenvalue weighted by molar-refractivity contribution is 14.1. The van der Waals surface area contributed by atoms with E-state index in [2.05, 4.69) is 33.2 Å². The zero-order chi connectivity index (χ0) is 13.8. The number of phenols is 1. The molecule has 5 nitrogen and oxygen atoms in total. The summed E-state index contributed by atoms with van der Waals surface area (Å²) in [6, 6.07) is 5.14. The molecule has 102 valence electrons. The van der Waals surface area contributed by atoms with Crippen molar-refractivity contribution in [2.24, 2.45) is 0 Å². The molecule has 1 aliphatic rings. The number of amides is 2. The van der Waals surface area contributed by atoms with E-state index in [1.165, 1.54) is 6.07 Å². The van der Waals surface area contributed by atoms with Crippen LogP contribution in [-0.2, 0) is 4.79 Å². The minimum atomic E-state index is -0.366. The largest absolute Gasteiger partial charge is 0.507 e. The van der Waals surface area contributed by atoms with Gasteiger partial charge >= 0.3 is 0 Å². The van der Waals surface area contributed by atoms with Gasteiger partial charge in [-0.1, -0.05) is 0 Å². The maximum absolute atomic E-state index is 11.8.